The van der Waals surface area contributed by atoms with Crippen LogP contribution in [0.3, 0.4) is 0 Å². The molecule has 15 heavy (non-hydrogen) atoms. The molecule has 0 aromatic heterocycles. The second kappa shape index (κ2) is 4.77. The zero-order valence-electron chi connectivity index (χ0n) is 9.86. The van der Waals surface area contributed by atoms with E-state index in [-0.39, 0.29) is 0 Å². The number of rotatable bonds is 3. The first kappa shape index (κ1) is 12.2. The molecule has 0 spiro atoms. The summed E-state index contributed by atoms with van der Waals surface area (Å²) in [6.45, 7) is 7.67. The summed E-state index contributed by atoms with van der Waals surface area (Å²) < 4.78 is 0. The predicted molar refractivity (Wildman–Crippen MR) is 61.8 cm³/mol. The second-order valence-electron chi connectivity index (χ2n) is 4.36. The van der Waals surface area contributed by atoms with Crippen molar-refractivity contribution in [2.75, 3.05) is 0 Å². The van der Waals surface area contributed by atoms with Gasteiger partial charge in [-0.05, 0) is 36.5 Å². The highest BCUT2D eigenvalue weighted by Gasteiger charge is 2.17. The fourth-order valence-electron chi connectivity index (χ4n) is 2.00. The Labute approximate surface area is 91.6 Å². The van der Waals surface area contributed by atoms with E-state index in [1.54, 1.807) is 13.8 Å². The lowest BCUT2D eigenvalue weighted by Crippen LogP contribution is -2.07. The van der Waals surface area contributed by atoms with Gasteiger partial charge in [0.2, 0.25) is 0 Å². The molecule has 0 fully saturated rings. The fourth-order valence-corrected chi connectivity index (χ4v) is 2.00. The van der Waals surface area contributed by atoms with Gasteiger partial charge in [0.25, 0.3) is 0 Å². The molecule has 0 aliphatic heterocycles. The van der Waals surface area contributed by atoms with Crippen LogP contribution in [0.5, 0.6) is 0 Å². The summed E-state index contributed by atoms with van der Waals surface area (Å²) in [5.41, 5.74) is 2.91. The molecule has 0 radical (unpaired) electrons. The van der Waals surface area contributed by atoms with Crippen molar-refractivity contribution >= 4 is 0 Å². The lowest BCUT2D eigenvalue weighted by Gasteiger charge is -2.21. The van der Waals surface area contributed by atoms with Crippen LogP contribution in [0, 0.1) is 0 Å². The SMILES string of the molecule is CC(C)c1c(C(C)O)cccc1C(C)O. The van der Waals surface area contributed by atoms with E-state index in [0.29, 0.717) is 5.92 Å². The van der Waals surface area contributed by atoms with Crippen molar-refractivity contribution in [1.29, 1.82) is 0 Å². The summed E-state index contributed by atoms with van der Waals surface area (Å²) in [7, 11) is 0. The lowest BCUT2D eigenvalue weighted by molar-refractivity contribution is 0.189. The molecule has 0 saturated carbocycles. The maximum absolute atomic E-state index is 9.68. The molecule has 0 aliphatic carbocycles. The van der Waals surface area contributed by atoms with Crippen LogP contribution in [-0.4, -0.2) is 10.2 Å². The first-order chi connectivity index (χ1) is 6.95. The highest BCUT2D eigenvalue weighted by atomic mass is 16.3. The summed E-state index contributed by atoms with van der Waals surface area (Å²) in [4.78, 5) is 0. The van der Waals surface area contributed by atoms with Crippen LogP contribution < -0.4 is 0 Å². The summed E-state index contributed by atoms with van der Waals surface area (Å²) in [5, 5.41) is 19.4. The van der Waals surface area contributed by atoms with Gasteiger partial charge >= 0.3 is 0 Å². The Balaban J connectivity index is 3.35. The molecule has 2 nitrogen and oxygen atoms in total. The van der Waals surface area contributed by atoms with E-state index in [9.17, 15) is 10.2 Å². The van der Waals surface area contributed by atoms with Gasteiger partial charge in [-0.3, -0.25) is 0 Å². The van der Waals surface area contributed by atoms with Crippen LogP contribution in [-0.2, 0) is 0 Å². The molecule has 2 N–H and O–H groups in total. The molecule has 1 aromatic rings. The van der Waals surface area contributed by atoms with Gasteiger partial charge in [-0.1, -0.05) is 32.0 Å². The fraction of sp³-hybridized carbons (Fsp3) is 0.538. The van der Waals surface area contributed by atoms with Gasteiger partial charge < -0.3 is 10.2 Å². The van der Waals surface area contributed by atoms with Gasteiger partial charge in [-0.15, -0.1) is 0 Å². The summed E-state index contributed by atoms with van der Waals surface area (Å²) in [6, 6.07) is 5.73. The molecule has 0 bridgehead atoms. The molecule has 0 saturated heterocycles. The number of aliphatic hydroxyl groups excluding tert-OH is 2. The average molecular weight is 208 g/mol. The van der Waals surface area contributed by atoms with Gasteiger partial charge in [0.05, 0.1) is 12.2 Å². The number of hydrogen-bond acceptors (Lipinski definition) is 2. The summed E-state index contributed by atoms with van der Waals surface area (Å²) in [5.74, 6) is 0.306. The molecule has 0 heterocycles. The molecule has 2 unspecified atom stereocenters. The Morgan fingerprint density at radius 3 is 1.53 bits per heavy atom. The minimum Gasteiger partial charge on any atom is -0.389 e. The van der Waals surface area contributed by atoms with Gasteiger partial charge in [-0.2, -0.15) is 0 Å². The van der Waals surface area contributed by atoms with Gasteiger partial charge in [0, 0.05) is 0 Å². The zero-order valence-corrected chi connectivity index (χ0v) is 9.86. The van der Waals surface area contributed by atoms with E-state index in [0.717, 1.165) is 16.7 Å². The number of benzene rings is 1. The molecule has 1 aromatic carbocycles. The monoisotopic (exact) mass is 208 g/mol. The molecular weight excluding hydrogens is 188 g/mol. The van der Waals surface area contributed by atoms with Crippen LogP contribution in [0.1, 0.15) is 62.5 Å². The summed E-state index contributed by atoms with van der Waals surface area (Å²) >= 11 is 0. The van der Waals surface area contributed by atoms with E-state index in [1.165, 1.54) is 0 Å². The van der Waals surface area contributed by atoms with E-state index in [4.69, 9.17) is 0 Å². The van der Waals surface area contributed by atoms with Crippen molar-refractivity contribution in [3.8, 4) is 0 Å². The first-order valence-corrected chi connectivity index (χ1v) is 5.44. The highest BCUT2D eigenvalue weighted by molar-refractivity contribution is 5.39. The van der Waals surface area contributed by atoms with Crippen molar-refractivity contribution < 1.29 is 10.2 Å². The van der Waals surface area contributed by atoms with Crippen LogP contribution >= 0.6 is 0 Å². The topological polar surface area (TPSA) is 40.5 Å². The van der Waals surface area contributed by atoms with Crippen LogP contribution in [0.25, 0.3) is 0 Å². The molecule has 2 heteroatoms. The molecule has 1 rings (SSSR count). The van der Waals surface area contributed by atoms with Gasteiger partial charge in [0.15, 0.2) is 0 Å². The van der Waals surface area contributed by atoms with E-state index < -0.39 is 12.2 Å². The molecule has 84 valence electrons. The Morgan fingerprint density at radius 1 is 0.867 bits per heavy atom. The third kappa shape index (κ3) is 2.58. The van der Waals surface area contributed by atoms with Gasteiger partial charge in [-0.25, -0.2) is 0 Å². The van der Waals surface area contributed by atoms with Crippen molar-refractivity contribution in [1.82, 2.24) is 0 Å². The standard InChI is InChI=1S/C13H20O2/c1-8(2)13-11(9(3)14)6-5-7-12(13)10(4)15/h5-10,14-15H,1-4H3. The maximum Gasteiger partial charge on any atom is 0.0764 e. The Bertz CT molecular complexity index is 301. The smallest absolute Gasteiger partial charge is 0.0764 e. The van der Waals surface area contributed by atoms with Crippen molar-refractivity contribution in [2.45, 2.75) is 45.8 Å². The quantitative estimate of drug-likeness (QED) is 0.801. The largest absolute Gasteiger partial charge is 0.389 e. The Kier molecular flexibility index (Phi) is 3.89. The van der Waals surface area contributed by atoms with Gasteiger partial charge in [0.1, 0.15) is 0 Å². The normalized spacial score (nSPS) is 15.4. The van der Waals surface area contributed by atoms with E-state index >= 15 is 0 Å². The highest BCUT2D eigenvalue weighted by Crippen LogP contribution is 2.31. The van der Waals surface area contributed by atoms with E-state index in [2.05, 4.69) is 13.8 Å². The van der Waals surface area contributed by atoms with Crippen molar-refractivity contribution in [3.63, 3.8) is 0 Å². The summed E-state index contributed by atoms with van der Waals surface area (Å²) in [6.07, 6.45) is -0.970. The predicted octanol–water partition coefficient (Wildman–Crippen LogP) is 2.92. The van der Waals surface area contributed by atoms with Crippen LogP contribution in [0.4, 0.5) is 0 Å². The van der Waals surface area contributed by atoms with Crippen LogP contribution in [0.2, 0.25) is 0 Å². The molecular formula is C13H20O2. The minimum atomic E-state index is -0.485. The molecule has 0 amide bonds. The minimum absolute atomic E-state index is 0.306. The third-order valence-electron chi connectivity index (χ3n) is 2.65. The van der Waals surface area contributed by atoms with E-state index in [1.807, 2.05) is 18.2 Å². The lowest BCUT2D eigenvalue weighted by atomic mass is 9.88. The Hall–Kier alpha value is -0.860. The number of hydrogen-bond donors (Lipinski definition) is 2. The average Bonchev–Trinajstić information content (AvgIpc) is 2.16. The third-order valence-corrected chi connectivity index (χ3v) is 2.65. The zero-order chi connectivity index (χ0) is 11.6. The maximum atomic E-state index is 9.68. The molecule has 0 aliphatic rings. The second-order valence-corrected chi connectivity index (χ2v) is 4.36. The van der Waals surface area contributed by atoms with Crippen molar-refractivity contribution in [3.05, 3.63) is 34.9 Å². The van der Waals surface area contributed by atoms with Crippen molar-refractivity contribution in [2.24, 2.45) is 0 Å². The van der Waals surface area contributed by atoms with Crippen LogP contribution in [0.15, 0.2) is 18.2 Å². The first-order valence-electron chi connectivity index (χ1n) is 5.44. The molecule has 2 atom stereocenters. The Morgan fingerprint density at radius 2 is 1.27 bits per heavy atom. The number of aliphatic hydroxyl groups is 2.